The molecule has 1 fully saturated rings. The Morgan fingerprint density at radius 2 is 1.47 bits per heavy atom. The van der Waals surface area contributed by atoms with Crippen LogP contribution in [-0.4, -0.2) is 96.3 Å². The van der Waals surface area contributed by atoms with Crippen LogP contribution in [0.1, 0.15) is 12.8 Å². The summed E-state index contributed by atoms with van der Waals surface area (Å²) >= 11 is 1.77. The second kappa shape index (κ2) is 12.5. The van der Waals surface area contributed by atoms with Crippen LogP contribution in [0.2, 0.25) is 0 Å². The Labute approximate surface area is 131 Å². The fourth-order valence-corrected chi connectivity index (χ4v) is 2.33. The molecule has 0 heterocycles. The van der Waals surface area contributed by atoms with E-state index in [-0.39, 0.29) is 0 Å². The number of Topliss-reactive ketones (excluding diaryl/α,β-unsaturated/α-hetero) is 1. The van der Waals surface area contributed by atoms with Crippen LogP contribution in [0, 0.1) is 5.92 Å². The van der Waals surface area contributed by atoms with Crippen molar-refractivity contribution in [2.24, 2.45) is 5.92 Å². The van der Waals surface area contributed by atoms with Gasteiger partial charge in [0, 0.05) is 91.2 Å². The summed E-state index contributed by atoms with van der Waals surface area (Å²) in [7, 11) is 24.1. The van der Waals surface area contributed by atoms with Gasteiger partial charge in [-0.3, -0.25) is 4.79 Å². The smallest absolute Gasteiger partial charge is 0.134 e. The Kier molecular flexibility index (Phi) is 11.8. The maximum absolute atomic E-state index is 10.8. The number of rotatable bonds is 13. The summed E-state index contributed by atoms with van der Waals surface area (Å²) in [5.74, 6) is 2.07. The first-order valence-electron chi connectivity index (χ1n) is 6.33. The minimum atomic E-state index is 0.409. The SMILES string of the molecule is [B][B][B][B][B][B][B][B][B][B][B][B]SCC1CC(=O)C1. The predicted octanol–water partition coefficient (Wildman–Crippen LogP) is -3.41. The number of carbonyl (C=O) groups excluding carboxylic acids is 1. The molecule has 0 aromatic heterocycles. The summed E-state index contributed by atoms with van der Waals surface area (Å²) in [6.45, 7) is 0. The third-order valence-corrected chi connectivity index (χ3v) is 3.55. The van der Waals surface area contributed by atoms with Crippen LogP contribution in [0.4, 0.5) is 0 Å². The molecule has 0 unspecified atom stereocenters. The molecular formula is C5H7B12OS. The maximum atomic E-state index is 10.8. The van der Waals surface area contributed by atoms with E-state index in [1.165, 1.54) is 7.06 Å². The summed E-state index contributed by atoms with van der Waals surface area (Å²) in [5.41, 5.74) is 0. The van der Waals surface area contributed by atoms with Crippen LogP contribution in [0.5, 0.6) is 0 Å². The summed E-state index contributed by atoms with van der Waals surface area (Å²) in [6, 6.07) is 0. The summed E-state index contributed by atoms with van der Waals surface area (Å²) in [5, 5.41) is 0. The van der Waals surface area contributed by atoms with E-state index in [4.69, 9.17) is 7.74 Å². The van der Waals surface area contributed by atoms with Gasteiger partial charge in [-0.15, -0.1) is 0 Å². The van der Waals surface area contributed by atoms with Crippen LogP contribution in [0.25, 0.3) is 0 Å². The normalized spacial score (nSPS) is 13.4. The zero-order valence-electron chi connectivity index (χ0n) is 10.9. The monoisotopic (exact) mass is 247 g/mol. The Bertz CT molecular complexity index is 234. The third-order valence-electron chi connectivity index (χ3n) is 2.54. The van der Waals surface area contributed by atoms with Gasteiger partial charge in [-0.25, -0.2) is 11.6 Å². The molecule has 14 heteroatoms. The molecule has 0 N–H and O–H groups in total. The van der Waals surface area contributed by atoms with E-state index in [0.717, 1.165) is 18.6 Å². The molecule has 0 aliphatic heterocycles. The van der Waals surface area contributed by atoms with Crippen molar-refractivity contribution in [3.63, 3.8) is 0 Å². The molecule has 1 rings (SSSR count). The van der Waals surface area contributed by atoms with Gasteiger partial charge in [0.15, 0.2) is 0 Å². The molecule has 1 aliphatic rings. The molecule has 0 amide bonds. The lowest BCUT2D eigenvalue weighted by Crippen LogP contribution is -2.33. The van der Waals surface area contributed by atoms with E-state index in [1.807, 2.05) is 56.5 Å². The molecule has 0 aromatic rings. The molecule has 75 valence electrons. The maximum Gasteiger partial charge on any atom is 0.134 e. The van der Waals surface area contributed by atoms with Crippen molar-refractivity contribution in [1.82, 2.24) is 0 Å². The topological polar surface area (TPSA) is 17.1 Å². The van der Waals surface area contributed by atoms with E-state index < -0.39 is 0 Å². The molecule has 1 saturated carbocycles. The van der Waals surface area contributed by atoms with Gasteiger partial charge in [0.1, 0.15) is 12.2 Å². The van der Waals surface area contributed by atoms with Gasteiger partial charge < -0.3 is 0 Å². The van der Waals surface area contributed by atoms with Crippen molar-refractivity contribution >= 4 is 102 Å². The minimum Gasteiger partial charge on any atom is -0.300 e. The second-order valence-corrected chi connectivity index (χ2v) is 5.15. The van der Waals surface area contributed by atoms with Crippen LogP contribution >= 0.6 is 11.6 Å². The van der Waals surface area contributed by atoms with E-state index >= 15 is 0 Å². The van der Waals surface area contributed by atoms with Crippen molar-refractivity contribution in [1.29, 1.82) is 0 Å². The fourth-order valence-electron chi connectivity index (χ4n) is 1.51. The zero-order chi connectivity index (χ0) is 13.8. The van der Waals surface area contributed by atoms with Crippen molar-refractivity contribution in [3.05, 3.63) is 0 Å². The Balaban J connectivity index is 1.66. The van der Waals surface area contributed by atoms with Crippen molar-refractivity contribution in [2.75, 3.05) is 5.75 Å². The van der Waals surface area contributed by atoms with Crippen LogP contribution in [0.3, 0.4) is 0 Å². The molecule has 19 heavy (non-hydrogen) atoms. The number of hydrogen-bond donors (Lipinski definition) is 0. The standard InChI is InChI=1S/C5H7B12OS/c6-7-8-9-10-11-12-13-14-15-16-17-19-3-4-1-5(18)2-4/h4H,1-3H2. The van der Waals surface area contributed by atoms with Crippen LogP contribution < -0.4 is 0 Å². The lowest BCUT2D eigenvalue weighted by molar-refractivity contribution is -0.126. The summed E-state index contributed by atoms with van der Waals surface area (Å²) in [6.07, 6.45) is 3.63. The predicted molar refractivity (Wildman–Crippen MR) is 99.2 cm³/mol. The molecule has 0 atom stereocenters. The highest BCUT2D eigenvalue weighted by Gasteiger charge is 2.25. The summed E-state index contributed by atoms with van der Waals surface area (Å²) < 4.78 is 0. The van der Waals surface area contributed by atoms with Crippen LogP contribution in [0.15, 0.2) is 0 Å². The van der Waals surface area contributed by atoms with E-state index in [1.54, 1.807) is 18.7 Å². The largest absolute Gasteiger partial charge is 0.300 e. The number of ketones is 1. The minimum absolute atomic E-state index is 0.409. The van der Waals surface area contributed by atoms with Crippen molar-refractivity contribution < 1.29 is 4.79 Å². The highest BCUT2D eigenvalue weighted by atomic mass is 32.2. The first-order chi connectivity index (χ1) is 9.33. The van der Waals surface area contributed by atoms with Gasteiger partial charge in [0.05, 0.1) is 0 Å². The highest BCUT2D eigenvalue weighted by Crippen LogP contribution is 2.25. The summed E-state index contributed by atoms with van der Waals surface area (Å²) in [4.78, 5) is 10.8. The molecule has 1 aliphatic carbocycles. The van der Waals surface area contributed by atoms with Gasteiger partial charge in [-0.1, -0.05) is 0 Å². The average Bonchev–Trinajstić information content (AvgIpc) is 2.37. The van der Waals surface area contributed by atoms with Crippen LogP contribution in [-0.2, 0) is 4.79 Å². The fraction of sp³-hybridized carbons (Fsp3) is 0.800. The number of hydrogen-bond acceptors (Lipinski definition) is 2. The molecule has 0 spiro atoms. The molecule has 0 saturated heterocycles. The van der Waals surface area contributed by atoms with Gasteiger partial charge in [0.2, 0.25) is 0 Å². The molecule has 0 bridgehead atoms. The molecule has 0 aromatic carbocycles. The molecule has 13 radical (unpaired) electrons. The van der Waals surface area contributed by atoms with E-state index in [9.17, 15) is 4.79 Å². The second-order valence-electron chi connectivity index (χ2n) is 4.21. The Morgan fingerprint density at radius 1 is 0.947 bits per heavy atom. The van der Waals surface area contributed by atoms with E-state index in [2.05, 4.69) is 6.45 Å². The van der Waals surface area contributed by atoms with Gasteiger partial charge in [-0.2, -0.15) is 0 Å². The first-order valence-corrected chi connectivity index (χ1v) is 7.38. The molecular weight excluding hydrogens is 238 g/mol. The van der Waals surface area contributed by atoms with Gasteiger partial charge >= 0.3 is 0 Å². The zero-order valence-corrected chi connectivity index (χ0v) is 11.8. The van der Waals surface area contributed by atoms with Gasteiger partial charge in [0.25, 0.3) is 0 Å². The number of carbonyl (C=O) groups is 1. The third kappa shape index (κ3) is 10.2. The molecule has 1 nitrogen and oxygen atoms in total. The quantitative estimate of drug-likeness (QED) is 0.248. The van der Waals surface area contributed by atoms with Crippen molar-refractivity contribution in [3.8, 4) is 0 Å². The Morgan fingerprint density at radius 3 is 2.00 bits per heavy atom. The lowest BCUT2D eigenvalue weighted by Gasteiger charge is -2.23. The van der Waals surface area contributed by atoms with Gasteiger partial charge in [-0.05, 0) is 11.7 Å². The highest BCUT2D eigenvalue weighted by molar-refractivity contribution is 8.27. The van der Waals surface area contributed by atoms with E-state index in [0.29, 0.717) is 11.7 Å². The first kappa shape index (κ1) is 17.8. The lowest BCUT2D eigenvalue weighted by atomic mass is 8.87. The average molecular weight is 245 g/mol. The van der Waals surface area contributed by atoms with Crippen molar-refractivity contribution in [2.45, 2.75) is 12.8 Å². The Hall–Kier alpha value is 0.799.